The lowest BCUT2D eigenvalue weighted by Gasteiger charge is -2.15. The zero-order valence-corrected chi connectivity index (χ0v) is 34.6. The zero-order valence-electron chi connectivity index (χ0n) is 34.6. The molecule has 0 aliphatic heterocycles. The van der Waals surface area contributed by atoms with Crippen LogP contribution in [0, 0.1) is 90.2 Å². The third kappa shape index (κ3) is 8.47. The van der Waals surface area contributed by atoms with Crippen LogP contribution >= 0.6 is 0 Å². The minimum absolute atomic E-state index is 0.0348. The molecular formula is C51H25F12NO4. The van der Waals surface area contributed by atoms with E-state index in [1.165, 1.54) is 36.4 Å². The van der Waals surface area contributed by atoms with Crippen LogP contribution in [-0.4, -0.2) is 0 Å². The molecule has 0 spiro atoms. The van der Waals surface area contributed by atoms with Crippen LogP contribution < -0.4 is 18.9 Å². The summed E-state index contributed by atoms with van der Waals surface area (Å²) in [5.74, 6) is -26.5. The lowest BCUT2D eigenvalue weighted by atomic mass is 9.99. The number of halogens is 12. The van der Waals surface area contributed by atoms with E-state index in [-0.39, 0.29) is 28.7 Å². The van der Waals surface area contributed by atoms with Crippen molar-refractivity contribution in [3.05, 3.63) is 208 Å². The number of hydrogen-bond acceptors (Lipinski definition) is 4. The van der Waals surface area contributed by atoms with Gasteiger partial charge in [0.15, 0.2) is 46.5 Å². The van der Waals surface area contributed by atoms with E-state index in [9.17, 15) is 35.1 Å². The van der Waals surface area contributed by atoms with Crippen LogP contribution in [-0.2, 0) is 0 Å². The van der Waals surface area contributed by atoms with E-state index in [2.05, 4.69) is 4.85 Å². The first-order valence-corrected chi connectivity index (χ1v) is 19.6. The molecule has 0 atom stereocenters. The minimum atomic E-state index is -2.37. The van der Waals surface area contributed by atoms with Gasteiger partial charge in [-0.1, -0.05) is 54.6 Å². The van der Waals surface area contributed by atoms with Gasteiger partial charge in [0.1, 0.15) is 34.5 Å². The Labute approximate surface area is 377 Å². The third-order valence-electron chi connectivity index (χ3n) is 10.5. The molecule has 0 bridgehead atoms. The number of para-hydroxylation sites is 1. The van der Waals surface area contributed by atoms with Crippen molar-refractivity contribution in [3.8, 4) is 79.4 Å². The molecule has 5 nitrogen and oxygen atoms in total. The fourth-order valence-corrected chi connectivity index (χ4v) is 6.82. The molecule has 8 rings (SSSR count). The molecule has 0 aliphatic carbocycles. The first kappa shape index (κ1) is 46.2. The van der Waals surface area contributed by atoms with E-state index in [0.29, 0.717) is 40.7 Å². The number of ether oxygens (including phenoxy) is 4. The maximum absolute atomic E-state index is 15.1. The topological polar surface area (TPSA) is 41.3 Å². The summed E-state index contributed by atoms with van der Waals surface area (Å²) in [5, 5.41) is 0. The Kier molecular flexibility index (Phi) is 12.5. The first-order valence-electron chi connectivity index (χ1n) is 19.6. The summed E-state index contributed by atoms with van der Waals surface area (Å²) in [6, 6.07) is 28.9. The van der Waals surface area contributed by atoms with Gasteiger partial charge in [-0.15, -0.1) is 0 Å². The molecule has 0 amide bonds. The molecule has 0 aromatic heterocycles. The van der Waals surface area contributed by atoms with Gasteiger partial charge in [-0.05, 0) is 96.8 Å². The fourth-order valence-electron chi connectivity index (χ4n) is 6.82. The average molecular weight is 944 g/mol. The molecule has 0 aliphatic rings. The highest BCUT2D eigenvalue weighted by Crippen LogP contribution is 2.44. The molecule has 0 radical (unpaired) electrons. The smallest absolute Gasteiger partial charge is 0.270 e. The van der Waals surface area contributed by atoms with Gasteiger partial charge >= 0.3 is 0 Å². The predicted octanol–water partition coefficient (Wildman–Crippen LogP) is 16.7. The summed E-state index contributed by atoms with van der Waals surface area (Å²) in [7, 11) is 0. The SMILES string of the molecule is [C-]#[N+]c1c(Oc2ccc(-c3ccc(Oc4c(F)c(F)c(C)c(F)c4F)cc3)cc2)cccc1Oc1ccc(-c2ccc(Oc3c(F)c(F)c(-c4c(F)c(F)c(C)c(F)c4F)c(F)c3F)cc2)cc1. The van der Waals surface area contributed by atoms with E-state index in [1.807, 2.05) is 0 Å². The van der Waals surface area contributed by atoms with Crippen molar-refractivity contribution in [2.45, 2.75) is 13.8 Å². The summed E-state index contributed by atoms with van der Waals surface area (Å²) in [4.78, 5) is 3.59. The summed E-state index contributed by atoms with van der Waals surface area (Å²) in [5.41, 5.74) is -3.51. The van der Waals surface area contributed by atoms with Crippen molar-refractivity contribution in [2.24, 2.45) is 0 Å². The highest BCUT2D eigenvalue weighted by molar-refractivity contribution is 5.71. The van der Waals surface area contributed by atoms with Gasteiger partial charge in [0.2, 0.25) is 34.8 Å². The van der Waals surface area contributed by atoms with Crippen molar-refractivity contribution in [2.75, 3.05) is 0 Å². The van der Waals surface area contributed by atoms with E-state index in [0.717, 1.165) is 6.92 Å². The lowest BCUT2D eigenvalue weighted by molar-refractivity contribution is 0.362. The van der Waals surface area contributed by atoms with Crippen molar-refractivity contribution in [1.29, 1.82) is 0 Å². The third-order valence-corrected chi connectivity index (χ3v) is 10.5. The maximum atomic E-state index is 15.1. The van der Waals surface area contributed by atoms with Crippen LogP contribution in [0.2, 0.25) is 0 Å². The molecule has 0 heterocycles. The number of hydrogen-bond donors (Lipinski definition) is 0. The van der Waals surface area contributed by atoms with Crippen molar-refractivity contribution >= 4 is 5.69 Å². The Balaban J connectivity index is 0.924. The molecule has 0 saturated carbocycles. The average Bonchev–Trinajstić information content (AvgIpc) is 3.35. The zero-order chi connectivity index (χ0) is 48.7. The lowest BCUT2D eigenvalue weighted by Crippen LogP contribution is -2.09. The van der Waals surface area contributed by atoms with Crippen molar-refractivity contribution < 1.29 is 71.6 Å². The highest BCUT2D eigenvalue weighted by atomic mass is 19.2. The van der Waals surface area contributed by atoms with E-state index < -0.39 is 104 Å². The summed E-state index contributed by atoms with van der Waals surface area (Å²) in [6.07, 6.45) is 0. The summed E-state index contributed by atoms with van der Waals surface area (Å²) >= 11 is 0. The van der Waals surface area contributed by atoms with Gasteiger partial charge in [-0.3, -0.25) is 0 Å². The van der Waals surface area contributed by atoms with Crippen LogP contribution in [0.4, 0.5) is 58.4 Å². The van der Waals surface area contributed by atoms with E-state index in [4.69, 9.17) is 25.5 Å². The molecule has 0 saturated heterocycles. The van der Waals surface area contributed by atoms with Crippen LogP contribution in [0.3, 0.4) is 0 Å². The predicted molar refractivity (Wildman–Crippen MR) is 224 cm³/mol. The molecule has 17 heteroatoms. The van der Waals surface area contributed by atoms with Gasteiger partial charge in [-0.25, -0.2) is 40.0 Å². The Morgan fingerprint density at radius 3 is 0.868 bits per heavy atom. The molecule has 68 heavy (non-hydrogen) atoms. The quantitative estimate of drug-likeness (QED) is 0.0736. The highest BCUT2D eigenvalue weighted by Gasteiger charge is 2.34. The van der Waals surface area contributed by atoms with Gasteiger partial charge < -0.3 is 18.9 Å². The summed E-state index contributed by atoms with van der Waals surface area (Å²) < 4.78 is 197. The molecule has 0 unspecified atom stereocenters. The van der Waals surface area contributed by atoms with E-state index in [1.54, 1.807) is 78.9 Å². The Bertz CT molecular complexity index is 3230. The number of nitrogens with zero attached hydrogens (tertiary/aromatic N) is 1. The second kappa shape index (κ2) is 18.5. The summed E-state index contributed by atoms with van der Waals surface area (Å²) in [6.45, 7) is 9.38. The Hall–Kier alpha value is -8.39. The van der Waals surface area contributed by atoms with Crippen LogP contribution in [0.25, 0.3) is 38.2 Å². The monoisotopic (exact) mass is 943 g/mol. The first-order chi connectivity index (χ1) is 32.5. The van der Waals surface area contributed by atoms with Gasteiger partial charge in [0, 0.05) is 11.1 Å². The van der Waals surface area contributed by atoms with Crippen LogP contribution in [0.5, 0.6) is 46.0 Å². The van der Waals surface area contributed by atoms with Crippen LogP contribution in [0.15, 0.2) is 115 Å². The van der Waals surface area contributed by atoms with Gasteiger partial charge in [-0.2, -0.15) is 17.6 Å². The largest absolute Gasteiger partial charge is 0.468 e. The molecule has 0 fully saturated rings. The Morgan fingerprint density at radius 2 is 0.574 bits per heavy atom. The maximum Gasteiger partial charge on any atom is 0.270 e. The van der Waals surface area contributed by atoms with E-state index >= 15 is 17.6 Å². The second-order valence-electron chi connectivity index (χ2n) is 14.6. The molecule has 8 aromatic rings. The van der Waals surface area contributed by atoms with Crippen molar-refractivity contribution in [1.82, 2.24) is 0 Å². The number of benzene rings is 8. The molecule has 8 aromatic carbocycles. The van der Waals surface area contributed by atoms with Gasteiger partial charge in [0.25, 0.3) is 5.69 Å². The molecular weight excluding hydrogens is 919 g/mol. The second-order valence-corrected chi connectivity index (χ2v) is 14.6. The Morgan fingerprint density at radius 1 is 0.324 bits per heavy atom. The van der Waals surface area contributed by atoms with Crippen molar-refractivity contribution in [3.63, 3.8) is 0 Å². The normalized spacial score (nSPS) is 11.1. The van der Waals surface area contributed by atoms with Gasteiger partial charge in [0.05, 0.1) is 17.7 Å². The number of rotatable bonds is 11. The standard InChI is InChI=1S/C51H25F12NO4/c1-23-37(52)41(56)35(42(57)38(23)53)36-43(58)47(62)51(48(63)44(36)59)68-32-21-13-28(14-22-32)26-9-17-30(18-10-26)66-34-6-4-5-33(49(34)64-3)65-29-15-7-25(8-16-29)27-11-19-31(20-12-27)67-50-45(60)39(54)24(2)40(55)46(50)61/h4-22H,1-2H3. The fraction of sp³-hybridized carbons (Fsp3) is 0.0392. The minimum Gasteiger partial charge on any atom is -0.468 e. The molecule has 0 N–H and O–H groups in total. The molecule has 342 valence electrons. The van der Waals surface area contributed by atoms with Crippen LogP contribution in [0.1, 0.15) is 11.1 Å².